The van der Waals surface area contributed by atoms with Crippen LogP contribution < -0.4 is 0 Å². The molecule has 0 atom stereocenters. The number of hydrogen-bond acceptors (Lipinski definition) is 6. The second-order valence-corrected chi connectivity index (χ2v) is 0.447. The normalized spacial score (nSPS) is 2.82. The van der Waals surface area contributed by atoms with E-state index in [0.29, 0.717) is 0 Å². The predicted molar refractivity (Wildman–Crippen MR) is 49.6 cm³/mol. The Balaban J connectivity index is -0.00000000308. The van der Waals surface area contributed by atoms with Crippen LogP contribution >= 0.6 is 0 Å². The van der Waals surface area contributed by atoms with E-state index in [1.165, 1.54) is 0 Å². The molecule has 16 nitrogen and oxygen atoms in total. The third-order valence-corrected chi connectivity index (χ3v) is 0. The van der Waals surface area contributed by atoms with Crippen molar-refractivity contribution in [2.45, 2.75) is 0 Å². The molecule has 0 saturated carbocycles. The van der Waals surface area contributed by atoms with Crippen LogP contribution in [0.25, 0.3) is 0 Å². The third kappa shape index (κ3) is 1410. The first-order valence-corrected chi connectivity index (χ1v) is 1.10. The van der Waals surface area contributed by atoms with Crippen LogP contribution in [0.5, 0.6) is 0 Å². The standard InChI is InChI=1S/2NO3.8H2O.Zn/c2*2-1(3)4;;;;;;;;;/h;;8*1H2;/q2*-1;;;;;;;;;+2. The van der Waals surface area contributed by atoms with E-state index in [-0.39, 0.29) is 63.3 Å². The molecule has 0 radical (unpaired) electrons. The molecule has 0 saturated heterocycles. The Hall–Kier alpha value is -1.30. The second-order valence-electron chi connectivity index (χ2n) is 0.447. The van der Waals surface area contributed by atoms with Crippen LogP contribution in [-0.2, 0) is 19.5 Å². The Morgan fingerprint density at radius 3 is 0.471 bits per heavy atom. The molecule has 0 bridgehead atoms. The molecule has 0 unspecified atom stereocenters. The molecular formula is H16N2O14Zn. The minimum Gasteiger partial charge on any atom is -0.412 e. The summed E-state index contributed by atoms with van der Waals surface area (Å²) in [6, 6.07) is 0. The van der Waals surface area contributed by atoms with Gasteiger partial charge in [-0.1, -0.05) is 0 Å². The van der Waals surface area contributed by atoms with Crippen molar-refractivity contribution in [2.24, 2.45) is 0 Å². The molecule has 17 heavy (non-hydrogen) atoms. The molecule has 0 rings (SSSR count). The van der Waals surface area contributed by atoms with Gasteiger partial charge >= 0.3 is 19.5 Å². The van der Waals surface area contributed by atoms with Crippen LogP contribution in [0.1, 0.15) is 0 Å². The Morgan fingerprint density at radius 1 is 0.471 bits per heavy atom. The molecule has 0 aliphatic carbocycles. The van der Waals surface area contributed by atoms with Crippen LogP contribution in [-0.4, -0.2) is 54.0 Å². The summed E-state index contributed by atoms with van der Waals surface area (Å²) in [5.74, 6) is 0. The van der Waals surface area contributed by atoms with Crippen molar-refractivity contribution < 1.29 is 73.5 Å². The third-order valence-electron chi connectivity index (χ3n) is 0. The summed E-state index contributed by atoms with van der Waals surface area (Å²) in [5, 5.41) is 29.5. The van der Waals surface area contributed by atoms with E-state index in [9.17, 15) is 0 Å². The van der Waals surface area contributed by atoms with E-state index >= 15 is 0 Å². The first-order valence-electron chi connectivity index (χ1n) is 1.10. The molecule has 0 aliphatic rings. The molecule has 0 aromatic rings. The van der Waals surface area contributed by atoms with E-state index in [1.54, 1.807) is 0 Å². The predicted octanol–water partition coefficient (Wildman–Crippen LogP) is -7.08. The van der Waals surface area contributed by atoms with Crippen molar-refractivity contribution in [3.63, 3.8) is 0 Å². The summed E-state index contributed by atoms with van der Waals surface area (Å²) in [6.45, 7) is 0. The monoisotopic (exact) mass is 332 g/mol. The largest absolute Gasteiger partial charge is 2.00 e. The molecule has 0 amide bonds. The molecule has 0 aromatic heterocycles. The van der Waals surface area contributed by atoms with Crippen molar-refractivity contribution in [3.05, 3.63) is 30.6 Å². The van der Waals surface area contributed by atoms with Gasteiger partial charge in [0.05, 0.1) is 10.2 Å². The zero-order valence-corrected chi connectivity index (χ0v) is 11.0. The molecular weight excluding hydrogens is 317 g/mol. The Morgan fingerprint density at radius 2 is 0.471 bits per heavy atom. The van der Waals surface area contributed by atoms with E-state index in [2.05, 4.69) is 0 Å². The van der Waals surface area contributed by atoms with Crippen molar-refractivity contribution in [3.8, 4) is 0 Å². The van der Waals surface area contributed by atoms with Gasteiger partial charge < -0.3 is 74.5 Å². The fraction of sp³-hybridized carbons (Fsp3) is 0. The zero-order chi connectivity index (χ0) is 7.15. The Kier molecular flexibility index (Phi) is 1130. The number of nitrogens with zero attached hydrogens (tertiary/aromatic N) is 2. The van der Waals surface area contributed by atoms with Gasteiger partial charge in [-0.15, -0.1) is 0 Å². The van der Waals surface area contributed by atoms with Gasteiger partial charge in [-0.2, -0.15) is 0 Å². The molecule has 0 aliphatic heterocycles. The number of rotatable bonds is 0. The van der Waals surface area contributed by atoms with Gasteiger partial charge in [-0.05, 0) is 0 Å². The topological polar surface area (TPSA) is 384 Å². The number of hydrogen-bond donors (Lipinski definition) is 0. The van der Waals surface area contributed by atoms with Crippen molar-refractivity contribution >= 4 is 0 Å². The van der Waals surface area contributed by atoms with Crippen LogP contribution in [0.4, 0.5) is 0 Å². The summed E-state index contributed by atoms with van der Waals surface area (Å²) >= 11 is 0. The Labute approximate surface area is 105 Å². The molecule has 0 fully saturated rings. The molecule has 112 valence electrons. The van der Waals surface area contributed by atoms with Gasteiger partial charge in [0.1, 0.15) is 0 Å². The van der Waals surface area contributed by atoms with E-state index in [1.807, 2.05) is 0 Å². The second kappa shape index (κ2) is 125. The molecule has 16 N–H and O–H groups in total. The van der Waals surface area contributed by atoms with Crippen molar-refractivity contribution in [1.29, 1.82) is 0 Å². The van der Waals surface area contributed by atoms with Crippen LogP contribution in [0, 0.1) is 30.6 Å². The minimum absolute atomic E-state index is 0. The van der Waals surface area contributed by atoms with Gasteiger partial charge in [0.15, 0.2) is 0 Å². The van der Waals surface area contributed by atoms with Gasteiger partial charge in [0.25, 0.3) is 0 Å². The first-order chi connectivity index (χ1) is 3.46. The van der Waals surface area contributed by atoms with E-state index < -0.39 is 10.2 Å². The maximum Gasteiger partial charge on any atom is 2.00 e. The summed E-state index contributed by atoms with van der Waals surface area (Å²) in [6.07, 6.45) is 0. The van der Waals surface area contributed by atoms with Crippen molar-refractivity contribution in [1.82, 2.24) is 0 Å². The first kappa shape index (κ1) is 153. The average molecular weight is 334 g/mol. The average Bonchev–Trinajstić information content (AvgIpc) is 1.25. The maximum absolute atomic E-state index is 8.25. The molecule has 17 heteroatoms. The molecule has 0 aromatic carbocycles. The van der Waals surface area contributed by atoms with E-state index in [0.717, 1.165) is 0 Å². The van der Waals surface area contributed by atoms with Gasteiger partial charge in [0, 0.05) is 0 Å². The van der Waals surface area contributed by atoms with Gasteiger partial charge in [0.2, 0.25) is 0 Å². The molecule has 0 heterocycles. The fourth-order valence-electron chi connectivity index (χ4n) is 0. The van der Waals surface area contributed by atoms with Gasteiger partial charge in [-0.3, -0.25) is 0 Å². The van der Waals surface area contributed by atoms with Crippen LogP contribution in [0.2, 0.25) is 0 Å². The van der Waals surface area contributed by atoms with Crippen molar-refractivity contribution in [2.75, 3.05) is 0 Å². The van der Waals surface area contributed by atoms with Gasteiger partial charge in [-0.25, -0.2) is 0 Å². The Bertz CT molecular complexity index is 72.2. The summed E-state index contributed by atoms with van der Waals surface area (Å²) in [5.41, 5.74) is 0. The SMILES string of the molecule is O.O.O.O.O.O.O.O.O=[N+]([O-])[O-].O=[N+]([O-])[O-].[Zn+2]. The van der Waals surface area contributed by atoms with Crippen LogP contribution in [0.15, 0.2) is 0 Å². The summed E-state index contributed by atoms with van der Waals surface area (Å²) < 4.78 is 0. The summed E-state index contributed by atoms with van der Waals surface area (Å²) in [7, 11) is 0. The van der Waals surface area contributed by atoms with E-state index in [4.69, 9.17) is 30.6 Å². The minimum atomic E-state index is -1.75. The fourth-order valence-corrected chi connectivity index (χ4v) is 0. The zero-order valence-electron chi connectivity index (χ0n) is 8.05. The quantitative estimate of drug-likeness (QED) is 0.235. The summed E-state index contributed by atoms with van der Waals surface area (Å²) in [4.78, 5) is 16.5. The maximum atomic E-state index is 8.25. The molecule has 0 spiro atoms. The smallest absolute Gasteiger partial charge is 0.412 e. The van der Waals surface area contributed by atoms with Crippen LogP contribution in [0.3, 0.4) is 0 Å².